The number of thiophene rings is 1. The molecule has 2 amide bonds. The fraction of sp³-hybridized carbons (Fsp3) is 0.333. The molecule has 1 aliphatic heterocycles. The van der Waals surface area contributed by atoms with E-state index in [1.807, 2.05) is 23.6 Å². The summed E-state index contributed by atoms with van der Waals surface area (Å²) >= 11 is 8.05. The number of carbonyl (C=O) groups excluding carboxylic acids is 2. The van der Waals surface area contributed by atoms with Crippen LogP contribution in [0.15, 0.2) is 22.4 Å². The van der Waals surface area contributed by atoms with E-state index in [0.29, 0.717) is 22.2 Å². The SMILES string of the molecule is O=C(O)CCNC(=O)CCCN1C(=O)/C(=C/c2cccs2)SC1=S. The first-order valence-electron chi connectivity index (χ1n) is 7.24. The van der Waals surface area contributed by atoms with Gasteiger partial charge in [-0.2, -0.15) is 0 Å². The van der Waals surface area contributed by atoms with E-state index in [9.17, 15) is 14.4 Å². The van der Waals surface area contributed by atoms with E-state index in [1.54, 1.807) is 11.3 Å². The molecule has 1 fully saturated rings. The van der Waals surface area contributed by atoms with Crippen molar-refractivity contribution in [1.82, 2.24) is 10.2 Å². The Morgan fingerprint density at radius 3 is 2.83 bits per heavy atom. The first kappa shape index (κ1) is 18.6. The Labute approximate surface area is 152 Å². The monoisotopic (exact) mass is 384 g/mol. The number of rotatable bonds is 8. The molecule has 2 rings (SSSR count). The lowest BCUT2D eigenvalue weighted by atomic mass is 10.2. The Morgan fingerprint density at radius 1 is 1.38 bits per heavy atom. The maximum absolute atomic E-state index is 12.4. The molecule has 0 spiro atoms. The standard InChI is InChI=1S/C15H16N2O4S3/c18-12(16-6-5-13(19)20)4-1-7-17-14(21)11(24-15(17)22)9-10-3-2-8-23-10/h2-3,8-9H,1,4-7H2,(H,16,18)(H,19,20)/b11-9-. The highest BCUT2D eigenvalue weighted by Crippen LogP contribution is 2.33. The summed E-state index contributed by atoms with van der Waals surface area (Å²) in [6.07, 6.45) is 2.41. The van der Waals surface area contributed by atoms with Gasteiger partial charge in [-0.25, -0.2) is 0 Å². The molecule has 0 atom stereocenters. The minimum absolute atomic E-state index is 0.103. The largest absolute Gasteiger partial charge is 0.481 e. The molecule has 0 saturated carbocycles. The molecule has 2 heterocycles. The van der Waals surface area contributed by atoms with Gasteiger partial charge in [-0.05, 0) is 23.9 Å². The zero-order chi connectivity index (χ0) is 17.5. The van der Waals surface area contributed by atoms with Gasteiger partial charge in [-0.3, -0.25) is 19.3 Å². The molecule has 0 bridgehead atoms. The normalized spacial score (nSPS) is 16.0. The Balaban J connectivity index is 1.78. The van der Waals surface area contributed by atoms with Crippen LogP contribution in [-0.4, -0.2) is 45.2 Å². The number of amides is 2. The first-order chi connectivity index (χ1) is 11.5. The van der Waals surface area contributed by atoms with Crippen molar-refractivity contribution in [3.63, 3.8) is 0 Å². The lowest BCUT2D eigenvalue weighted by Gasteiger charge is -2.13. The lowest BCUT2D eigenvalue weighted by molar-refractivity contribution is -0.137. The quantitative estimate of drug-likeness (QED) is 0.528. The van der Waals surface area contributed by atoms with Gasteiger partial charge in [-0.1, -0.05) is 30.0 Å². The van der Waals surface area contributed by atoms with Gasteiger partial charge in [0.15, 0.2) is 0 Å². The molecular formula is C15H16N2O4S3. The van der Waals surface area contributed by atoms with E-state index in [-0.39, 0.29) is 31.2 Å². The Kier molecular flexibility index (Phi) is 6.95. The van der Waals surface area contributed by atoms with E-state index in [4.69, 9.17) is 17.3 Å². The minimum Gasteiger partial charge on any atom is -0.481 e. The second-order valence-corrected chi connectivity index (χ2v) is 7.60. The summed E-state index contributed by atoms with van der Waals surface area (Å²) in [5.41, 5.74) is 0. The van der Waals surface area contributed by atoms with Gasteiger partial charge in [-0.15, -0.1) is 11.3 Å². The predicted molar refractivity (Wildman–Crippen MR) is 98.7 cm³/mol. The number of hydrogen-bond acceptors (Lipinski definition) is 6. The number of nitrogens with one attached hydrogen (secondary N) is 1. The van der Waals surface area contributed by atoms with Crippen molar-refractivity contribution < 1.29 is 19.5 Å². The topological polar surface area (TPSA) is 86.7 Å². The molecule has 9 heteroatoms. The van der Waals surface area contributed by atoms with Gasteiger partial charge in [0, 0.05) is 24.4 Å². The third-order valence-corrected chi connectivity index (χ3v) is 5.33. The number of carbonyl (C=O) groups is 3. The number of hydrogen-bond donors (Lipinski definition) is 2. The summed E-state index contributed by atoms with van der Waals surface area (Å²) in [6.45, 7) is 0.484. The van der Waals surface area contributed by atoms with Crippen molar-refractivity contribution >= 4 is 63.5 Å². The first-order valence-corrected chi connectivity index (χ1v) is 9.35. The predicted octanol–water partition coefficient (Wildman–Crippen LogP) is 2.32. The highest BCUT2D eigenvalue weighted by atomic mass is 32.2. The number of thiocarbonyl (C=S) groups is 1. The van der Waals surface area contributed by atoms with Crippen LogP contribution in [0.4, 0.5) is 0 Å². The van der Waals surface area contributed by atoms with Gasteiger partial charge >= 0.3 is 5.97 Å². The summed E-state index contributed by atoms with van der Waals surface area (Å²) in [5, 5.41) is 13.0. The number of aliphatic carboxylic acids is 1. The molecule has 0 aliphatic carbocycles. The molecular weight excluding hydrogens is 368 g/mol. The van der Waals surface area contributed by atoms with Crippen molar-refractivity contribution in [2.75, 3.05) is 13.1 Å². The van der Waals surface area contributed by atoms with Crippen molar-refractivity contribution in [3.05, 3.63) is 27.3 Å². The molecule has 1 aliphatic rings. The summed E-state index contributed by atoms with van der Waals surface area (Å²) in [5.74, 6) is -1.31. The summed E-state index contributed by atoms with van der Waals surface area (Å²) in [6, 6.07) is 3.85. The van der Waals surface area contributed by atoms with Gasteiger partial charge in [0.25, 0.3) is 5.91 Å². The average Bonchev–Trinajstić information content (AvgIpc) is 3.11. The van der Waals surface area contributed by atoms with Gasteiger partial charge in [0.05, 0.1) is 11.3 Å². The zero-order valence-electron chi connectivity index (χ0n) is 12.7. The molecule has 128 valence electrons. The molecule has 1 aromatic heterocycles. The number of thioether (sulfide) groups is 1. The van der Waals surface area contributed by atoms with E-state index >= 15 is 0 Å². The van der Waals surface area contributed by atoms with Crippen LogP contribution in [0, 0.1) is 0 Å². The summed E-state index contributed by atoms with van der Waals surface area (Å²) < 4.78 is 0.495. The van der Waals surface area contributed by atoms with E-state index in [0.717, 1.165) is 4.88 Å². The summed E-state index contributed by atoms with van der Waals surface area (Å²) in [7, 11) is 0. The van der Waals surface area contributed by atoms with E-state index in [2.05, 4.69) is 5.32 Å². The average molecular weight is 385 g/mol. The van der Waals surface area contributed by atoms with Crippen molar-refractivity contribution in [2.45, 2.75) is 19.3 Å². The Bertz CT molecular complexity index is 670. The van der Waals surface area contributed by atoms with Gasteiger partial charge in [0.2, 0.25) is 5.91 Å². The van der Waals surface area contributed by atoms with Crippen LogP contribution < -0.4 is 5.32 Å². The van der Waals surface area contributed by atoms with Crippen molar-refractivity contribution in [2.24, 2.45) is 0 Å². The maximum atomic E-state index is 12.4. The van der Waals surface area contributed by atoms with Crippen LogP contribution in [0.1, 0.15) is 24.1 Å². The van der Waals surface area contributed by atoms with E-state index in [1.165, 1.54) is 16.7 Å². The smallest absolute Gasteiger partial charge is 0.305 e. The third kappa shape index (κ3) is 5.43. The highest BCUT2D eigenvalue weighted by Gasteiger charge is 2.31. The fourth-order valence-corrected chi connectivity index (χ4v) is 4.02. The molecule has 0 aromatic carbocycles. The zero-order valence-corrected chi connectivity index (χ0v) is 15.1. The van der Waals surface area contributed by atoms with Crippen LogP contribution in [0.2, 0.25) is 0 Å². The Hall–Kier alpha value is -1.71. The van der Waals surface area contributed by atoms with Crippen LogP contribution in [0.25, 0.3) is 6.08 Å². The van der Waals surface area contributed by atoms with E-state index < -0.39 is 5.97 Å². The highest BCUT2D eigenvalue weighted by molar-refractivity contribution is 8.26. The van der Waals surface area contributed by atoms with Gasteiger partial charge < -0.3 is 10.4 Å². The van der Waals surface area contributed by atoms with Crippen molar-refractivity contribution in [1.29, 1.82) is 0 Å². The summed E-state index contributed by atoms with van der Waals surface area (Å²) in [4.78, 5) is 37.4. The third-order valence-electron chi connectivity index (χ3n) is 3.14. The lowest BCUT2D eigenvalue weighted by Crippen LogP contribution is -2.31. The number of carboxylic acid groups (broad SMARTS) is 1. The van der Waals surface area contributed by atoms with Crippen LogP contribution in [-0.2, 0) is 14.4 Å². The number of carboxylic acids is 1. The van der Waals surface area contributed by atoms with Crippen LogP contribution in [0.3, 0.4) is 0 Å². The maximum Gasteiger partial charge on any atom is 0.305 e. The Morgan fingerprint density at radius 2 is 2.17 bits per heavy atom. The fourth-order valence-electron chi connectivity index (χ4n) is 1.99. The number of nitrogens with zero attached hydrogens (tertiary/aromatic N) is 1. The molecule has 24 heavy (non-hydrogen) atoms. The van der Waals surface area contributed by atoms with Crippen molar-refractivity contribution in [3.8, 4) is 0 Å². The van der Waals surface area contributed by atoms with Gasteiger partial charge in [0.1, 0.15) is 4.32 Å². The molecule has 6 nitrogen and oxygen atoms in total. The second kappa shape index (κ2) is 8.95. The molecule has 0 unspecified atom stereocenters. The molecule has 1 saturated heterocycles. The minimum atomic E-state index is -0.953. The molecule has 0 radical (unpaired) electrons. The van der Waals surface area contributed by atoms with Crippen LogP contribution in [0.5, 0.6) is 0 Å². The molecule has 1 aromatic rings. The second-order valence-electron chi connectivity index (χ2n) is 4.95. The van der Waals surface area contributed by atoms with Crippen LogP contribution >= 0.6 is 35.3 Å². The molecule has 2 N–H and O–H groups in total.